The van der Waals surface area contributed by atoms with E-state index in [2.05, 4.69) is 77.8 Å². The molecule has 2 aromatic carbocycles. The number of pyridine rings is 1. The van der Waals surface area contributed by atoms with Gasteiger partial charge in [0, 0.05) is 73.7 Å². The van der Waals surface area contributed by atoms with Gasteiger partial charge in [0.2, 0.25) is 11.8 Å². The summed E-state index contributed by atoms with van der Waals surface area (Å²) < 4.78 is 13.5. The van der Waals surface area contributed by atoms with Gasteiger partial charge in [0.15, 0.2) is 0 Å². The van der Waals surface area contributed by atoms with E-state index >= 15 is 0 Å². The Labute approximate surface area is 367 Å². The lowest BCUT2D eigenvalue weighted by Gasteiger charge is -2.34. The van der Waals surface area contributed by atoms with Crippen LogP contribution in [-0.4, -0.2) is 103 Å². The molecule has 13 nitrogen and oxygen atoms in total. The molecule has 2 saturated heterocycles. The largest absolute Gasteiger partial charge is 0.467 e. The Balaban J connectivity index is 1.37. The van der Waals surface area contributed by atoms with Gasteiger partial charge in [-0.15, -0.1) is 0 Å². The second-order valence-electron chi connectivity index (χ2n) is 18.0. The average Bonchev–Trinajstić information content (AvgIpc) is 3.79. The van der Waals surface area contributed by atoms with Gasteiger partial charge >= 0.3 is 0 Å². The lowest BCUT2D eigenvalue weighted by Crippen LogP contribution is -2.59. The number of aromatic nitrogens is 2. The standard InChI is InChI=1S/C49H67N7O6/c1-9-54-42-18-17-37(28-39(42)40(29-49(5,6)30-62-31-57)45(54)38-16-13-21-51-43(38)33(4)61-8)36-15-12-14-34(26-36)27-41(48(60)56-24-11-10-22-52-56)53-46(58)44(32(2)3)55-25-20-35(47(55)59)19-23-50-7/h12-18,21,26,28,31-33,35,41,44,50,52H,9-11,19-20,22-25,27,29-30H2,1-8H3,(H,53,58). The van der Waals surface area contributed by atoms with E-state index in [-0.39, 0.29) is 54.1 Å². The number of hydrogen-bond donors (Lipinski definition) is 3. The van der Waals surface area contributed by atoms with Crippen molar-refractivity contribution in [1.82, 2.24) is 35.5 Å². The minimum Gasteiger partial charge on any atom is -0.467 e. The number of hydrogen-bond acceptors (Lipinski definition) is 9. The highest BCUT2D eigenvalue weighted by atomic mass is 16.5. The first-order chi connectivity index (χ1) is 29.8. The average molecular weight is 850 g/mol. The Morgan fingerprint density at radius 1 is 1.05 bits per heavy atom. The number of benzene rings is 2. The molecule has 2 aliphatic rings. The van der Waals surface area contributed by atoms with Crippen LogP contribution in [0.3, 0.4) is 0 Å². The number of carbonyl (C=O) groups excluding carboxylic acids is 4. The summed E-state index contributed by atoms with van der Waals surface area (Å²) in [6, 6.07) is 17.2. The molecule has 0 aliphatic carbocycles. The highest BCUT2D eigenvalue weighted by Gasteiger charge is 2.41. The van der Waals surface area contributed by atoms with Crippen molar-refractivity contribution in [2.24, 2.45) is 17.3 Å². The molecule has 62 heavy (non-hydrogen) atoms. The summed E-state index contributed by atoms with van der Waals surface area (Å²) in [5.41, 5.74) is 10.9. The fourth-order valence-electron chi connectivity index (χ4n) is 9.33. The van der Waals surface area contributed by atoms with Crippen LogP contribution in [0.4, 0.5) is 0 Å². The molecule has 2 aliphatic heterocycles. The van der Waals surface area contributed by atoms with Gasteiger partial charge < -0.3 is 29.6 Å². The van der Waals surface area contributed by atoms with E-state index in [0.29, 0.717) is 38.9 Å². The van der Waals surface area contributed by atoms with E-state index in [1.807, 2.05) is 46.0 Å². The van der Waals surface area contributed by atoms with Gasteiger partial charge in [-0.25, -0.2) is 5.43 Å². The summed E-state index contributed by atoms with van der Waals surface area (Å²) in [5.74, 6) is -0.752. The first-order valence-electron chi connectivity index (χ1n) is 22.4. The van der Waals surface area contributed by atoms with Crippen LogP contribution < -0.4 is 16.1 Å². The van der Waals surface area contributed by atoms with Gasteiger partial charge in [-0.1, -0.05) is 58.0 Å². The van der Waals surface area contributed by atoms with E-state index in [1.165, 1.54) is 0 Å². The molecule has 0 bridgehead atoms. The molecule has 0 saturated carbocycles. The molecular weight excluding hydrogens is 783 g/mol. The number of rotatable bonds is 20. The first kappa shape index (κ1) is 46.4. The second kappa shape index (κ2) is 20.8. The second-order valence-corrected chi connectivity index (χ2v) is 18.0. The minimum atomic E-state index is -0.850. The molecule has 334 valence electrons. The maximum atomic E-state index is 14.3. The fourth-order valence-corrected chi connectivity index (χ4v) is 9.33. The zero-order chi connectivity index (χ0) is 44.6. The summed E-state index contributed by atoms with van der Waals surface area (Å²) in [4.78, 5) is 60.0. The van der Waals surface area contributed by atoms with Crippen LogP contribution in [0.1, 0.15) is 90.2 Å². The Hall–Kier alpha value is -5.11. The van der Waals surface area contributed by atoms with Crippen molar-refractivity contribution >= 4 is 35.1 Å². The summed E-state index contributed by atoms with van der Waals surface area (Å²) in [6.45, 7) is 16.3. The van der Waals surface area contributed by atoms with E-state index in [9.17, 15) is 19.2 Å². The fraction of sp³-hybridized carbons (Fsp3) is 0.531. The Morgan fingerprint density at radius 2 is 1.84 bits per heavy atom. The molecule has 3 amide bonds. The number of ether oxygens (including phenoxy) is 2. The van der Waals surface area contributed by atoms with E-state index in [0.717, 1.165) is 82.5 Å². The number of methoxy groups -OCH3 is 1. The van der Waals surface area contributed by atoms with Crippen molar-refractivity contribution in [3.8, 4) is 22.4 Å². The predicted molar refractivity (Wildman–Crippen MR) is 243 cm³/mol. The van der Waals surface area contributed by atoms with Crippen molar-refractivity contribution in [1.29, 1.82) is 0 Å². The van der Waals surface area contributed by atoms with Gasteiger partial charge in [0.1, 0.15) is 12.1 Å². The number of nitrogens with one attached hydrogen (secondary N) is 3. The van der Waals surface area contributed by atoms with Crippen molar-refractivity contribution in [3.05, 3.63) is 77.6 Å². The molecule has 4 heterocycles. The van der Waals surface area contributed by atoms with Crippen LogP contribution in [0.5, 0.6) is 0 Å². The zero-order valence-corrected chi connectivity index (χ0v) is 38.0. The molecule has 0 radical (unpaired) electrons. The number of carbonyl (C=O) groups is 4. The van der Waals surface area contributed by atoms with Crippen molar-refractivity contribution in [2.75, 3.05) is 46.9 Å². The lowest BCUT2D eigenvalue weighted by atomic mass is 9.84. The minimum absolute atomic E-state index is 0.00664. The van der Waals surface area contributed by atoms with Gasteiger partial charge in [0.25, 0.3) is 12.4 Å². The maximum absolute atomic E-state index is 14.3. The smallest absolute Gasteiger partial charge is 0.293 e. The molecule has 6 rings (SSSR count). The maximum Gasteiger partial charge on any atom is 0.293 e. The summed E-state index contributed by atoms with van der Waals surface area (Å²) in [7, 11) is 3.57. The monoisotopic (exact) mass is 850 g/mol. The number of fused-ring (bicyclic) bond motifs is 1. The number of hydrazine groups is 1. The number of nitrogens with zero attached hydrogens (tertiary/aromatic N) is 4. The van der Waals surface area contributed by atoms with Gasteiger partial charge in [-0.05, 0) is 112 Å². The molecule has 4 aromatic rings. The lowest BCUT2D eigenvalue weighted by molar-refractivity contribution is -0.144. The summed E-state index contributed by atoms with van der Waals surface area (Å²) in [6.07, 6.45) is 5.75. The van der Waals surface area contributed by atoms with Crippen LogP contribution in [0, 0.1) is 17.3 Å². The number of amides is 3. The molecule has 13 heteroatoms. The normalized spacial score (nSPS) is 17.4. The highest BCUT2D eigenvalue weighted by molar-refractivity contribution is 5.96. The third kappa shape index (κ3) is 10.4. The third-order valence-electron chi connectivity index (χ3n) is 12.5. The van der Waals surface area contributed by atoms with Crippen LogP contribution in [0.15, 0.2) is 60.8 Å². The van der Waals surface area contributed by atoms with Crippen LogP contribution in [0.2, 0.25) is 0 Å². The quantitative estimate of drug-likeness (QED) is 0.0852. The summed E-state index contributed by atoms with van der Waals surface area (Å²) >= 11 is 0. The SMILES string of the molecule is CCn1c(-c2cccnc2C(C)OC)c(CC(C)(C)COC=O)c2cc(-c3cccc(CC(NC(=O)C(C(C)C)N4CCC(CCNC)C4=O)C(=O)N4CCCCN4)c3)ccc21. The van der Waals surface area contributed by atoms with Gasteiger partial charge in [-0.2, -0.15) is 0 Å². The van der Waals surface area contributed by atoms with E-state index in [4.69, 9.17) is 14.5 Å². The summed E-state index contributed by atoms with van der Waals surface area (Å²) in [5, 5.41) is 9.02. The number of aryl methyl sites for hydroxylation is 1. The van der Waals surface area contributed by atoms with Crippen molar-refractivity contribution in [3.63, 3.8) is 0 Å². The highest BCUT2D eigenvalue weighted by Crippen LogP contribution is 2.42. The first-order valence-corrected chi connectivity index (χ1v) is 22.4. The van der Waals surface area contributed by atoms with Crippen LogP contribution >= 0.6 is 0 Å². The Morgan fingerprint density at radius 3 is 2.53 bits per heavy atom. The van der Waals surface area contributed by atoms with Crippen LogP contribution in [0.25, 0.3) is 33.3 Å². The van der Waals surface area contributed by atoms with Crippen molar-refractivity contribution in [2.45, 2.75) is 105 Å². The predicted octanol–water partition coefficient (Wildman–Crippen LogP) is 6.48. The Kier molecular flexibility index (Phi) is 15.6. The molecule has 2 fully saturated rings. The van der Waals surface area contributed by atoms with Gasteiger partial charge in [0.05, 0.1) is 24.1 Å². The third-order valence-corrected chi connectivity index (χ3v) is 12.5. The Bertz CT molecular complexity index is 2190. The zero-order valence-electron chi connectivity index (χ0n) is 38.0. The molecular formula is C49H67N7O6. The molecule has 0 spiro atoms. The molecule has 3 N–H and O–H groups in total. The molecule has 4 atom stereocenters. The molecule has 4 unspecified atom stereocenters. The van der Waals surface area contributed by atoms with Crippen LogP contribution in [-0.2, 0) is 48.0 Å². The molecule has 2 aromatic heterocycles. The van der Waals surface area contributed by atoms with E-state index in [1.54, 1.807) is 23.2 Å². The van der Waals surface area contributed by atoms with Gasteiger partial charge in [-0.3, -0.25) is 29.2 Å². The number of likely N-dealkylation sites (tertiary alicyclic amines) is 1. The topological polar surface area (TPSA) is 147 Å². The van der Waals surface area contributed by atoms with Crippen molar-refractivity contribution < 1.29 is 28.7 Å². The van der Waals surface area contributed by atoms with E-state index < -0.39 is 12.1 Å².